The molecule has 0 aromatic heterocycles. The molecule has 1 aliphatic rings. The summed E-state index contributed by atoms with van der Waals surface area (Å²) in [6, 6.07) is 10.7. The lowest BCUT2D eigenvalue weighted by Crippen LogP contribution is -2.20. The lowest BCUT2D eigenvalue weighted by atomic mass is 10.2. The van der Waals surface area contributed by atoms with Gasteiger partial charge < -0.3 is 19.5 Å². The van der Waals surface area contributed by atoms with E-state index in [1.54, 1.807) is 24.3 Å². The molecule has 1 heterocycles. The highest BCUT2D eigenvalue weighted by Gasteiger charge is 2.13. The van der Waals surface area contributed by atoms with Crippen molar-refractivity contribution in [2.45, 2.75) is 0 Å². The van der Waals surface area contributed by atoms with Crippen LogP contribution in [0.4, 0.5) is 10.1 Å². The van der Waals surface area contributed by atoms with Crippen molar-refractivity contribution in [3.63, 3.8) is 0 Å². The molecule has 1 N–H and O–H groups in total. The van der Waals surface area contributed by atoms with Crippen LogP contribution in [-0.2, 0) is 14.3 Å². The third kappa shape index (κ3) is 4.83. The van der Waals surface area contributed by atoms with Crippen LogP contribution in [0.5, 0.6) is 11.5 Å². The molecule has 26 heavy (non-hydrogen) atoms. The highest BCUT2D eigenvalue weighted by Crippen LogP contribution is 2.32. The van der Waals surface area contributed by atoms with E-state index in [0.29, 0.717) is 36.0 Å². The molecule has 2 aromatic carbocycles. The smallest absolute Gasteiger partial charge is 0.331 e. The van der Waals surface area contributed by atoms with E-state index in [1.165, 1.54) is 24.3 Å². The first-order valence-electron chi connectivity index (χ1n) is 7.90. The number of carbonyl (C=O) groups excluding carboxylic acids is 2. The summed E-state index contributed by atoms with van der Waals surface area (Å²) in [5.74, 6) is -0.438. The van der Waals surface area contributed by atoms with Gasteiger partial charge in [-0.2, -0.15) is 0 Å². The summed E-state index contributed by atoms with van der Waals surface area (Å²) in [7, 11) is 0. The van der Waals surface area contributed by atoms with E-state index in [1.807, 2.05) is 0 Å². The number of anilines is 1. The summed E-state index contributed by atoms with van der Waals surface area (Å²) in [5.41, 5.74) is 1.02. The van der Waals surface area contributed by atoms with Gasteiger partial charge in [0.2, 0.25) is 0 Å². The minimum absolute atomic E-state index is 0.403. The number of esters is 1. The van der Waals surface area contributed by atoms with Gasteiger partial charge in [-0.05, 0) is 35.9 Å². The Balaban J connectivity index is 1.48. The van der Waals surface area contributed by atoms with Gasteiger partial charge in [0, 0.05) is 17.8 Å². The molecule has 0 saturated heterocycles. The fraction of sp³-hybridized carbons (Fsp3) is 0.158. The van der Waals surface area contributed by atoms with Crippen molar-refractivity contribution >= 4 is 23.6 Å². The Labute approximate surface area is 149 Å². The molecule has 0 atom stereocenters. The van der Waals surface area contributed by atoms with E-state index < -0.39 is 24.3 Å². The lowest BCUT2D eigenvalue weighted by Gasteiger charge is -2.18. The highest BCUT2D eigenvalue weighted by atomic mass is 19.1. The van der Waals surface area contributed by atoms with E-state index in [-0.39, 0.29) is 0 Å². The normalized spacial score (nSPS) is 12.7. The van der Waals surface area contributed by atoms with Crippen LogP contribution in [0.1, 0.15) is 5.56 Å². The maximum absolute atomic E-state index is 13.0. The van der Waals surface area contributed by atoms with Crippen molar-refractivity contribution in [3.05, 3.63) is 59.9 Å². The largest absolute Gasteiger partial charge is 0.486 e. The average molecular weight is 357 g/mol. The number of amides is 1. The van der Waals surface area contributed by atoms with Crippen molar-refractivity contribution in [1.82, 2.24) is 0 Å². The van der Waals surface area contributed by atoms with Gasteiger partial charge in [0.25, 0.3) is 5.91 Å². The topological polar surface area (TPSA) is 73.9 Å². The molecule has 0 saturated carbocycles. The summed E-state index contributed by atoms with van der Waals surface area (Å²) < 4.78 is 28.7. The first kappa shape index (κ1) is 17.5. The van der Waals surface area contributed by atoms with Crippen molar-refractivity contribution in [3.8, 4) is 11.5 Å². The first-order chi connectivity index (χ1) is 12.6. The number of carbonyl (C=O) groups is 2. The quantitative estimate of drug-likeness (QED) is 0.658. The molecule has 0 aliphatic carbocycles. The monoisotopic (exact) mass is 357 g/mol. The van der Waals surface area contributed by atoms with Gasteiger partial charge in [0.05, 0.1) is 0 Å². The van der Waals surface area contributed by atoms with Crippen LogP contribution >= 0.6 is 0 Å². The van der Waals surface area contributed by atoms with Gasteiger partial charge >= 0.3 is 5.97 Å². The second-order valence-electron chi connectivity index (χ2n) is 5.40. The average Bonchev–Trinajstić information content (AvgIpc) is 2.65. The maximum atomic E-state index is 13.0. The molecule has 6 nitrogen and oxygen atoms in total. The number of hydrogen-bond donors (Lipinski definition) is 1. The van der Waals surface area contributed by atoms with E-state index in [0.717, 1.165) is 6.08 Å². The molecular weight excluding hydrogens is 341 g/mol. The molecular formula is C19H16FNO5. The van der Waals surface area contributed by atoms with E-state index in [2.05, 4.69) is 5.32 Å². The Bertz CT molecular complexity index is 850. The summed E-state index contributed by atoms with van der Waals surface area (Å²) >= 11 is 0. The second-order valence-corrected chi connectivity index (χ2v) is 5.40. The van der Waals surface area contributed by atoms with Crippen LogP contribution in [0.2, 0.25) is 0 Å². The number of benzene rings is 2. The molecule has 0 spiro atoms. The van der Waals surface area contributed by atoms with Crippen LogP contribution in [0.15, 0.2) is 48.5 Å². The van der Waals surface area contributed by atoms with Crippen LogP contribution in [0.25, 0.3) is 6.08 Å². The highest BCUT2D eigenvalue weighted by molar-refractivity contribution is 5.94. The minimum Gasteiger partial charge on any atom is -0.486 e. The molecule has 1 aliphatic heterocycles. The number of halogens is 1. The molecule has 0 bridgehead atoms. The third-order valence-electron chi connectivity index (χ3n) is 3.43. The van der Waals surface area contributed by atoms with E-state index in [4.69, 9.17) is 14.2 Å². The summed E-state index contributed by atoms with van der Waals surface area (Å²) in [6.07, 6.45) is 2.54. The molecule has 0 radical (unpaired) electrons. The van der Waals surface area contributed by atoms with E-state index >= 15 is 0 Å². The summed E-state index contributed by atoms with van der Waals surface area (Å²) in [4.78, 5) is 23.5. The Morgan fingerprint density at radius 1 is 1.12 bits per heavy atom. The molecule has 1 amide bonds. The number of rotatable bonds is 5. The predicted molar refractivity (Wildman–Crippen MR) is 92.5 cm³/mol. The predicted octanol–water partition coefficient (Wildman–Crippen LogP) is 2.79. The maximum Gasteiger partial charge on any atom is 0.331 e. The number of fused-ring (bicyclic) bond motifs is 1. The molecule has 0 fully saturated rings. The van der Waals surface area contributed by atoms with E-state index in [9.17, 15) is 14.0 Å². The van der Waals surface area contributed by atoms with Gasteiger partial charge in [-0.1, -0.05) is 12.1 Å². The zero-order valence-electron chi connectivity index (χ0n) is 13.7. The fourth-order valence-electron chi connectivity index (χ4n) is 2.28. The molecule has 2 aromatic rings. The van der Waals surface area contributed by atoms with Gasteiger partial charge in [-0.3, -0.25) is 4.79 Å². The number of hydrogen-bond acceptors (Lipinski definition) is 5. The van der Waals surface area contributed by atoms with Crippen LogP contribution in [0.3, 0.4) is 0 Å². The van der Waals surface area contributed by atoms with Crippen molar-refractivity contribution in [2.75, 3.05) is 25.1 Å². The zero-order valence-corrected chi connectivity index (χ0v) is 13.7. The minimum atomic E-state index is -0.702. The molecule has 7 heteroatoms. The van der Waals surface area contributed by atoms with Crippen LogP contribution in [-0.4, -0.2) is 31.7 Å². The molecule has 0 unspecified atom stereocenters. The van der Waals surface area contributed by atoms with Crippen molar-refractivity contribution < 1.29 is 28.2 Å². The molecule has 3 rings (SSSR count). The van der Waals surface area contributed by atoms with Crippen LogP contribution in [0, 0.1) is 5.82 Å². The van der Waals surface area contributed by atoms with Crippen molar-refractivity contribution in [1.29, 1.82) is 0 Å². The fourth-order valence-corrected chi connectivity index (χ4v) is 2.28. The van der Waals surface area contributed by atoms with Gasteiger partial charge in [0.15, 0.2) is 18.1 Å². The Morgan fingerprint density at radius 2 is 1.92 bits per heavy atom. The lowest BCUT2D eigenvalue weighted by molar-refractivity contribution is -0.142. The third-order valence-corrected chi connectivity index (χ3v) is 3.43. The van der Waals surface area contributed by atoms with Crippen molar-refractivity contribution in [2.24, 2.45) is 0 Å². The standard InChI is InChI=1S/C19H16FNO5/c20-14-3-1-2-13(10-14)4-7-19(23)26-12-18(22)21-15-5-6-16-17(11-15)25-9-8-24-16/h1-7,10-11H,8-9,12H2,(H,21,22)/b7-4+. The van der Waals surface area contributed by atoms with Gasteiger partial charge in [0.1, 0.15) is 19.0 Å². The summed E-state index contributed by atoms with van der Waals surface area (Å²) in [5, 5.41) is 2.60. The zero-order chi connectivity index (χ0) is 18.4. The second kappa shape index (κ2) is 8.15. The van der Waals surface area contributed by atoms with Crippen LogP contribution < -0.4 is 14.8 Å². The Hall–Kier alpha value is -3.35. The van der Waals surface area contributed by atoms with Gasteiger partial charge in [-0.15, -0.1) is 0 Å². The SMILES string of the molecule is O=C(COC(=O)/C=C/c1cccc(F)c1)Nc1ccc2c(c1)OCCO2. The Kier molecular flexibility index (Phi) is 5.48. The van der Waals surface area contributed by atoms with Gasteiger partial charge in [-0.25, -0.2) is 9.18 Å². The summed E-state index contributed by atoms with van der Waals surface area (Å²) in [6.45, 7) is 0.484. The number of nitrogens with one attached hydrogen (secondary N) is 1. The Morgan fingerprint density at radius 3 is 2.73 bits per heavy atom. The molecule has 134 valence electrons. The number of ether oxygens (including phenoxy) is 3. The first-order valence-corrected chi connectivity index (χ1v) is 7.90.